The van der Waals surface area contributed by atoms with Crippen LogP contribution in [0.1, 0.15) is 92.4 Å². The van der Waals surface area contributed by atoms with Crippen LogP contribution in [0.2, 0.25) is 0 Å². The van der Waals surface area contributed by atoms with Crippen molar-refractivity contribution >= 4 is 0 Å². The SMILES string of the molecule is CCOCc1ccc(C2CCC(OCc3ccc(C4CCC(O)CC4)c(F)c3F)CC2)c(F)c1. The zero-order chi connectivity index (χ0) is 24.1. The van der Waals surface area contributed by atoms with Gasteiger partial charge in [-0.1, -0.05) is 24.3 Å². The lowest BCUT2D eigenvalue weighted by Gasteiger charge is -2.29. The molecule has 2 aromatic rings. The first kappa shape index (κ1) is 25.2. The highest BCUT2D eigenvalue weighted by Crippen LogP contribution is 2.37. The Labute approximate surface area is 200 Å². The van der Waals surface area contributed by atoms with E-state index in [1.54, 1.807) is 18.2 Å². The number of hydrogen-bond donors (Lipinski definition) is 1. The fourth-order valence-electron chi connectivity index (χ4n) is 5.38. The summed E-state index contributed by atoms with van der Waals surface area (Å²) < 4.78 is 55.4. The van der Waals surface area contributed by atoms with E-state index in [1.807, 2.05) is 19.1 Å². The molecule has 2 aliphatic carbocycles. The van der Waals surface area contributed by atoms with Crippen LogP contribution < -0.4 is 0 Å². The first-order chi connectivity index (χ1) is 16.5. The molecule has 0 amide bonds. The van der Waals surface area contributed by atoms with Crippen LogP contribution in [0.4, 0.5) is 13.2 Å². The molecule has 0 aromatic heterocycles. The Kier molecular flexibility index (Phi) is 8.67. The summed E-state index contributed by atoms with van der Waals surface area (Å²) in [6.45, 7) is 2.95. The fourth-order valence-corrected chi connectivity index (χ4v) is 5.38. The Morgan fingerprint density at radius 1 is 0.794 bits per heavy atom. The highest BCUT2D eigenvalue weighted by molar-refractivity contribution is 5.29. The van der Waals surface area contributed by atoms with E-state index in [1.165, 1.54) is 0 Å². The Morgan fingerprint density at radius 3 is 2.12 bits per heavy atom. The van der Waals surface area contributed by atoms with Crippen LogP contribution >= 0.6 is 0 Å². The maximum absolute atomic E-state index is 14.7. The quantitative estimate of drug-likeness (QED) is 0.450. The lowest BCUT2D eigenvalue weighted by Crippen LogP contribution is -2.22. The number of benzene rings is 2. The van der Waals surface area contributed by atoms with Gasteiger partial charge in [0, 0.05) is 12.2 Å². The van der Waals surface area contributed by atoms with Crippen LogP contribution in [-0.4, -0.2) is 23.9 Å². The third kappa shape index (κ3) is 6.02. The molecule has 0 heterocycles. The molecule has 3 nitrogen and oxygen atoms in total. The first-order valence-electron chi connectivity index (χ1n) is 12.6. The normalized spacial score (nSPS) is 25.4. The van der Waals surface area contributed by atoms with Crippen molar-refractivity contribution < 1.29 is 27.8 Å². The van der Waals surface area contributed by atoms with E-state index in [4.69, 9.17) is 9.47 Å². The third-order valence-electron chi connectivity index (χ3n) is 7.45. The van der Waals surface area contributed by atoms with Gasteiger partial charge < -0.3 is 14.6 Å². The van der Waals surface area contributed by atoms with Crippen LogP contribution in [0.3, 0.4) is 0 Å². The van der Waals surface area contributed by atoms with E-state index >= 15 is 0 Å². The molecule has 2 aliphatic rings. The van der Waals surface area contributed by atoms with Crippen molar-refractivity contribution in [1.29, 1.82) is 0 Å². The van der Waals surface area contributed by atoms with Crippen molar-refractivity contribution in [2.75, 3.05) is 6.61 Å². The minimum absolute atomic E-state index is 0.0300. The highest BCUT2D eigenvalue weighted by Gasteiger charge is 2.27. The number of halogens is 3. The van der Waals surface area contributed by atoms with Crippen LogP contribution in [-0.2, 0) is 22.7 Å². The molecule has 34 heavy (non-hydrogen) atoms. The third-order valence-corrected chi connectivity index (χ3v) is 7.45. The number of hydrogen-bond acceptors (Lipinski definition) is 3. The van der Waals surface area contributed by atoms with Crippen LogP contribution in [0.5, 0.6) is 0 Å². The minimum atomic E-state index is -0.827. The van der Waals surface area contributed by atoms with Gasteiger partial charge in [-0.3, -0.25) is 0 Å². The van der Waals surface area contributed by atoms with Crippen LogP contribution in [0, 0.1) is 17.5 Å². The standard InChI is InChI=1S/C28H35F3O3/c1-2-33-16-18-3-13-24(26(29)15-18)19-6-11-23(12-7-19)34-17-21-8-14-25(28(31)27(21)30)20-4-9-22(32)10-5-20/h3,8,13-15,19-20,22-23,32H,2,4-7,9-12,16-17H2,1H3. The Bertz CT molecular complexity index is 948. The zero-order valence-electron chi connectivity index (χ0n) is 19.9. The van der Waals surface area contributed by atoms with Crippen molar-refractivity contribution in [3.63, 3.8) is 0 Å². The van der Waals surface area contributed by atoms with Gasteiger partial charge in [0.1, 0.15) is 5.82 Å². The molecule has 0 spiro atoms. The Morgan fingerprint density at radius 2 is 1.44 bits per heavy atom. The molecular weight excluding hydrogens is 441 g/mol. The summed E-state index contributed by atoms with van der Waals surface area (Å²) >= 11 is 0. The van der Waals surface area contributed by atoms with Gasteiger partial charge in [-0.15, -0.1) is 0 Å². The summed E-state index contributed by atoms with van der Waals surface area (Å²) in [6.07, 6.45) is 5.35. The summed E-state index contributed by atoms with van der Waals surface area (Å²) in [4.78, 5) is 0. The number of rotatable bonds is 8. The van der Waals surface area contributed by atoms with Gasteiger partial charge in [-0.25, -0.2) is 13.2 Å². The number of aliphatic hydroxyl groups excluding tert-OH is 1. The summed E-state index contributed by atoms with van der Waals surface area (Å²) in [5, 5.41) is 9.66. The average molecular weight is 477 g/mol. The average Bonchev–Trinajstić information content (AvgIpc) is 2.85. The smallest absolute Gasteiger partial charge is 0.164 e. The predicted octanol–water partition coefficient (Wildman–Crippen LogP) is 6.90. The molecule has 0 bridgehead atoms. The molecule has 0 aliphatic heterocycles. The number of ether oxygens (including phenoxy) is 2. The van der Waals surface area contributed by atoms with E-state index in [9.17, 15) is 18.3 Å². The van der Waals surface area contributed by atoms with Crippen molar-refractivity contribution in [1.82, 2.24) is 0 Å². The van der Waals surface area contributed by atoms with Gasteiger partial charge in [0.25, 0.3) is 0 Å². The summed E-state index contributed by atoms with van der Waals surface area (Å²) in [7, 11) is 0. The first-order valence-corrected chi connectivity index (χ1v) is 12.6. The van der Waals surface area contributed by atoms with Gasteiger partial charge in [-0.05, 0) is 92.9 Å². The molecule has 0 unspecified atom stereocenters. The Hall–Kier alpha value is -1.89. The van der Waals surface area contributed by atoms with E-state index < -0.39 is 11.6 Å². The van der Waals surface area contributed by atoms with Crippen molar-refractivity contribution in [2.24, 2.45) is 0 Å². The molecule has 2 aromatic carbocycles. The fraction of sp³-hybridized carbons (Fsp3) is 0.571. The highest BCUT2D eigenvalue weighted by atomic mass is 19.2. The van der Waals surface area contributed by atoms with E-state index in [0.717, 1.165) is 36.8 Å². The molecule has 2 saturated carbocycles. The topological polar surface area (TPSA) is 38.7 Å². The number of aliphatic hydroxyl groups is 1. The van der Waals surface area contributed by atoms with E-state index in [2.05, 4.69) is 0 Å². The van der Waals surface area contributed by atoms with Crippen molar-refractivity contribution in [2.45, 2.75) is 95.5 Å². The van der Waals surface area contributed by atoms with E-state index in [0.29, 0.717) is 44.5 Å². The summed E-state index contributed by atoms with van der Waals surface area (Å²) in [6, 6.07) is 8.65. The second-order valence-electron chi connectivity index (χ2n) is 9.72. The molecule has 186 valence electrons. The maximum Gasteiger partial charge on any atom is 0.164 e. The van der Waals surface area contributed by atoms with Crippen LogP contribution in [0.15, 0.2) is 30.3 Å². The molecule has 2 fully saturated rings. The monoisotopic (exact) mass is 476 g/mol. The largest absolute Gasteiger partial charge is 0.393 e. The molecule has 0 radical (unpaired) electrons. The second kappa shape index (κ2) is 11.7. The maximum atomic E-state index is 14.7. The predicted molar refractivity (Wildman–Crippen MR) is 125 cm³/mol. The van der Waals surface area contributed by atoms with Gasteiger partial charge in [0.05, 0.1) is 25.4 Å². The van der Waals surface area contributed by atoms with Gasteiger partial charge >= 0.3 is 0 Å². The second-order valence-corrected chi connectivity index (χ2v) is 9.72. The zero-order valence-corrected chi connectivity index (χ0v) is 19.9. The van der Waals surface area contributed by atoms with Gasteiger partial charge in [0.2, 0.25) is 0 Å². The van der Waals surface area contributed by atoms with Crippen LogP contribution in [0.25, 0.3) is 0 Å². The minimum Gasteiger partial charge on any atom is -0.393 e. The lowest BCUT2D eigenvalue weighted by atomic mass is 9.82. The lowest BCUT2D eigenvalue weighted by molar-refractivity contribution is 0.0116. The Balaban J connectivity index is 1.29. The van der Waals surface area contributed by atoms with Crippen molar-refractivity contribution in [3.8, 4) is 0 Å². The van der Waals surface area contributed by atoms with Gasteiger partial charge in [0.15, 0.2) is 11.6 Å². The molecule has 1 N–H and O–H groups in total. The van der Waals surface area contributed by atoms with E-state index in [-0.39, 0.29) is 42.0 Å². The molecule has 0 saturated heterocycles. The van der Waals surface area contributed by atoms with Crippen molar-refractivity contribution in [3.05, 3.63) is 70.0 Å². The molecular formula is C28H35F3O3. The molecule has 0 atom stereocenters. The molecule has 4 rings (SSSR count). The molecule has 6 heteroatoms. The summed E-state index contributed by atoms with van der Waals surface area (Å²) in [5.41, 5.74) is 2.21. The van der Waals surface area contributed by atoms with Gasteiger partial charge in [-0.2, -0.15) is 0 Å². The summed E-state index contributed by atoms with van der Waals surface area (Å²) in [5.74, 6) is -1.70.